The van der Waals surface area contributed by atoms with Gasteiger partial charge in [0.05, 0.1) is 6.54 Å². The van der Waals surface area contributed by atoms with Gasteiger partial charge < -0.3 is 15.5 Å². The minimum absolute atomic E-state index is 0.142. The number of carbonyl (C=O) groups is 1. The van der Waals surface area contributed by atoms with Crippen molar-refractivity contribution in [2.24, 2.45) is 17.1 Å². The zero-order chi connectivity index (χ0) is 12.5. The second kappa shape index (κ2) is 4.53. The van der Waals surface area contributed by atoms with Gasteiger partial charge in [0.1, 0.15) is 5.76 Å². The lowest BCUT2D eigenvalue weighted by Crippen LogP contribution is -2.32. The third-order valence-corrected chi connectivity index (χ3v) is 3.80. The van der Waals surface area contributed by atoms with Gasteiger partial charge in [-0.3, -0.25) is 4.79 Å². The van der Waals surface area contributed by atoms with Crippen molar-refractivity contribution in [1.82, 2.24) is 5.32 Å². The molecule has 4 heteroatoms. The molecule has 0 saturated heterocycles. The van der Waals surface area contributed by atoms with Crippen LogP contribution < -0.4 is 11.1 Å². The molecule has 17 heavy (non-hydrogen) atoms. The molecule has 1 aliphatic carbocycles. The number of rotatable bonds is 5. The molecule has 0 bridgehead atoms. The van der Waals surface area contributed by atoms with E-state index in [0.29, 0.717) is 29.4 Å². The van der Waals surface area contributed by atoms with Crippen LogP contribution in [0.2, 0.25) is 0 Å². The molecule has 0 atom stereocenters. The molecule has 0 aliphatic heterocycles. The Morgan fingerprint density at radius 3 is 2.71 bits per heavy atom. The molecular weight excluding hydrogens is 216 g/mol. The van der Waals surface area contributed by atoms with E-state index < -0.39 is 0 Å². The number of furan rings is 1. The molecule has 1 amide bonds. The molecule has 4 nitrogen and oxygen atoms in total. The summed E-state index contributed by atoms with van der Waals surface area (Å²) in [4.78, 5) is 11.8. The highest BCUT2D eigenvalue weighted by Gasteiger charge is 2.45. The lowest BCUT2D eigenvalue weighted by atomic mass is 9.92. The van der Waals surface area contributed by atoms with Crippen molar-refractivity contribution in [3.63, 3.8) is 0 Å². The fourth-order valence-corrected chi connectivity index (χ4v) is 2.07. The minimum atomic E-state index is -0.142. The van der Waals surface area contributed by atoms with Gasteiger partial charge in [-0.25, -0.2) is 0 Å². The van der Waals surface area contributed by atoms with E-state index in [0.717, 1.165) is 6.54 Å². The summed E-state index contributed by atoms with van der Waals surface area (Å²) in [5.41, 5.74) is 5.75. The highest BCUT2D eigenvalue weighted by Crippen LogP contribution is 2.51. The number of carbonyl (C=O) groups excluding carboxylic acids is 1. The molecule has 0 aromatic carbocycles. The Morgan fingerprint density at radius 2 is 2.24 bits per heavy atom. The number of hydrogen-bond acceptors (Lipinski definition) is 3. The van der Waals surface area contributed by atoms with Crippen molar-refractivity contribution in [1.29, 1.82) is 0 Å². The van der Waals surface area contributed by atoms with Crippen molar-refractivity contribution < 1.29 is 9.21 Å². The van der Waals surface area contributed by atoms with Crippen LogP contribution in [0.25, 0.3) is 0 Å². The third-order valence-electron chi connectivity index (χ3n) is 3.80. The summed E-state index contributed by atoms with van der Waals surface area (Å²) in [7, 11) is 0. The van der Waals surface area contributed by atoms with Crippen LogP contribution in [0.5, 0.6) is 0 Å². The lowest BCUT2D eigenvalue weighted by Gasteiger charge is -2.19. The Kier molecular flexibility index (Phi) is 3.24. The Balaban J connectivity index is 1.89. The molecule has 1 aromatic heterocycles. The van der Waals surface area contributed by atoms with Crippen molar-refractivity contribution in [2.45, 2.75) is 33.2 Å². The summed E-state index contributed by atoms with van der Waals surface area (Å²) in [6.45, 7) is 5.47. The maximum Gasteiger partial charge on any atom is 0.287 e. The summed E-state index contributed by atoms with van der Waals surface area (Å²) in [6.07, 6.45) is 2.41. The van der Waals surface area contributed by atoms with E-state index >= 15 is 0 Å². The SMILES string of the molecule is CC(C)C1(CNC(=O)c2ccc(CN)o2)CC1. The van der Waals surface area contributed by atoms with Gasteiger partial charge in [0, 0.05) is 6.54 Å². The zero-order valence-electron chi connectivity index (χ0n) is 10.5. The topological polar surface area (TPSA) is 68.3 Å². The third kappa shape index (κ3) is 2.52. The van der Waals surface area contributed by atoms with Crippen molar-refractivity contribution >= 4 is 5.91 Å². The smallest absolute Gasteiger partial charge is 0.287 e. The molecule has 1 aromatic rings. The van der Waals surface area contributed by atoms with Crippen molar-refractivity contribution in [3.05, 3.63) is 23.7 Å². The Morgan fingerprint density at radius 1 is 1.53 bits per heavy atom. The number of nitrogens with two attached hydrogens (primary N) is 1. The first-order valence-corrected chi connectivity index (χ1v) is 6.14. The van der Waals surface area contributed by atoms with Gasteiger partial charge in [-0.2, -0.15) is 0 Å². The first kappa shape index (κ1) is 12.2. The van der Waals surface area contributed by atoms with Gasteiger partial charge in [0.2, 0.25) is 0 Å². The number of nitrogens with one attached hydrogen (secondary N) is 1. The zero-order valence-corrected chi connectivity index (χ0v) is 10.5. The molecule has 0 unspecified atom stereocenters. The van der Waals surface area contributed by atoms with Crippen molar-refractivity contribution in [3.8, 4) is 0 Å². The first-order chi connectivity index (χ1) is 8.07. The fourth-order valence-electron chi connectivity index (χ4n) is 2.07. The van der Waals surface area contributed by atoms with Gasteiger partial charge in [-0.05, 0) is 36.3 Å². The normalized spacial score (nSPS) is 17.2. The molecular formula is C13H20N2O2. The monoisotopic (exact) mass is 236 g/mol. The predicted octanol–water partition coefficient (Wildman–Crippen LogP) is 1.90. The minimum Gasteiger partial charge on any atom is -0.455 e. The van der Waals surface area contributed by atoms with Gasteiger partial charge in [-0.15, -0.1) is 0 Å². The molecule has 2 rings (SSSR count). The quantitative estimate of drug-likeness (QED) is 0.820. The summed E-state index contributed by atoms with van der Waals surface area (Å²) in [5, 5.41) is 2.95. The van der Waals surface area contributed by atoms with E-state index in [2.05, 4.69) is 19.2 Å². The van der Waals surface area contributed by atoms with Gasteiger partial charge >= 0.3 is 0 Å². The summed E-state index contributed by atoms with van der Waals surface area (Å²) in [6, 6.07) is 3.41. The second-order valence-corrected chi connectivity index (χ2v) is 5.17. The Hall–Kier alpha value is -1.29. The molecule has 1 heterocycles. The van der Waals surface area contributed by atoms with Crippen LogP contribution in [0.4, 0.5) is 0 Å². The van der Waals surface area contributed by atoms with Gasteiger partial charge in [0.25, 0.3) is 5.91 Å². The van der Waals surface area contributed by atoms with Crippen LogP contribution in [-0.4, -0.2) is 12.5 Å². The van der Waals surface area contributed by atoms with Crippen LogP contribution in [0, 0.1) is 11.3 Å². The van der Waals surface area contributed by atoms with Crippen LogP contribution in [0.15, 0.2) is 16.5 Å². The van der Waals surface area contributed by atoms with Crippen LogP contribution in [0.3, 0.4) is 0 Å². The van der Waals surface area contributed by atoms with E-state index in [1.165, 1.54) is 12.8 Å². The summed E-state index contributed by atoms with van der Waals surface area (Å²) < 4.78 is 5.30. The molecule has 1 saturated carbocycles. The molecule has 0 spiro atoms. The highest BCUT2D eigenvalue weighted by atomic mass is 16.4. The molecule has 0 radical (unpaired) electrons. The molecule has 1 fully saturated rings. The average molecular weight is 236 g/mol. The van der Waals surface area contributed by atoms with Gasteiger partial charge in [0.15, 0.2) is 5.76 Å². The van der Waals surface area contributed by atoms with E-state index in [1.807, 2.05) is 0 Å². The Bertz CT molecular complexity index is 405. The van der Waals surface area contributed by atoms with E-state index in [1.54, 1.807) is 12.1 Å². The first-order valence-electron chi connectivity index (χ1n) is 6.14. The summed E-state index contributed by atoms with van der Waals surface area (Å²) in [5.74, 6) is 1.46. The van der Waals surface area contributed by atoms with E-state index in [4.69, 9.17) is 10.2 Å². The van der Waals surface area contributed by atoms with Crippen LogP contribution >= 0.6 is 0 Å². The fraction of sp³-hybridized carbons (Fsp3) is 0.615. The standard InChI is InChI=1S/C13H20N2O2/c1-9(2)13(5-6-13)8-15-12(16)11-4-3-10(7-14)17-11/h3-4,9H,5-8,14H2,1-2H3,(H,15,16). The van der Waals surface area contributed by atoms with E-state index in [9.17, 15) is 4.79 Å². The van der Waals surface area contributed by atoms with Crippen LogP contribution in [-0.2, 0) is 6.54 Å². The van der Waals surface area contributed by atoms with Crippen LogP contribution in [0.1, 0.15) is 43.0 Å². The van der Waals surface area contributed by atoms with E-state index in [-0.39, 0.29) is 5.91 Å². The maximum atomic E-state index is 11.8. The second-order valence-electron chi connectivity index (χ2n) is 5.17. The average Bonchev–Trinajstić information content (AvgIpc) is 2.96. The molecule has 94 valence electrons. The van der Waals surface area contributed by atoms with Crippen molar-refractivity contribution in [2.75, 3.05) is 6.54 Å². The number of hydrogen-bond donors (Lipinski definition) is 2. The lowest BCUT2D eigenvalue weighted by molar-refractivity contribution is 0.0910. The maximum absolute atomic E-state index is 11.8. The highest BCUT2D eigenvalue weighted by molar-refractivity contribution is 5.91. The predicted molar refractivity (Wildman–Crippen MR) is 65.4 cm³/mol. The van der Waals surface area contributed by atoms with Gasteiger partial charge in [-0.1, -0.05) is 13.8 Å². The molecule has 3 N–H and O–H groups in total. The Labute approximate surface area is 102 Å². The number of amides is 1. The molecule has 1 aliphatic rings. The largest absolute Gasteiger partial charge is 0.455 e. The summed E-state index contributed by atoms with van der Waals surface area (Å²) >= 11 is 0.